The zero-order valence-electron chi connectivity index (χ0n) is 10.7. The summed E-state index contributed by atoms with van der Waals surface area (Å²) >= 11 is 4.49. The van der Waals surface area contributed by atoms with E-state index in [1.165, 1.54) is 12.1 Å². The minimum Gasteiger partial charge on any atom is -0.478 e. The summed E-state index contributed by atoms with van der Waals surface area (Å²) in [5.41, 5.74) is 1.05. The molecule has 0 saturated carbocycles. The van der Waals surface area contributed by atoms with E-state index >= 15 is 0 Å². The molecular formula is C14H11N3O3S. The summed E-state index contributed by atoms with van der Waals surface area (Å²) in [7, 11) is 0. The molecule has 1 unspecified atom stereocenters. The first kappa shape index (κ1) is 13.4. The first-order chi connectivity index (χ1) is 10.1. The number of aromatic nitrogens is 3. The van der Waals surface area contributed by atoms with Gasteiger partial charge in [0, 0.05) is 0 Å². The van der Waals surface area contributed by atoms with Gasteiger partial charge in [-0.15, -0.1) is 5.10 Å². The van der Waals surface area contributed by atoms with Crippen molar-refractivity contribution in [3.63, 3.8) is 0 Å². The number of benzene rings is 1. The lowest BCUT2D eigenvalue weighted by molar-refractivity contribution is 0.0697. The second-order valence-corrected chi connectivity index (χ2v) is 4.87. The Labute approximate surface area is 125 Å². The van der Waals surface area contributed by atoms with E-state index in [-0.39, 0.29) is 10.8 Å². The van der Waals surface area contributed by atoms with Crippen LogP contribution in [0.15, 0.2) is 47.1 Å². The maximum Gasteiger partial charge on any atom is 0.335 e. The number of aromatic amines is 1. The second-order valence-electron chi connectivity index (χ2n) is 4.35. The molecule has 0 spiro atoms. The lowest BCUT2D eigenvalue weighted by atomic mass is 10.1. The highest BCUT2D eigenvalue weighted by molar-refractivity contribution is 7.80. The SMILES string of the molecule is O=C(O)c1ccc(C(S)c2nc(-c3ccco3)n[nH]2)cc1. The topological polar surface area (TPSA) is 92.0 Å². The van der Waals surface area contributed by atoms with Crippen LogP contribution in [0, 0.1) is 0 Å². The van der Waals surface area contributed by atoms with E-state index in [1.54, 1.807) is 30.5 Å². The van der Waals surface area contributed by atoms with Gasteiger partial charge in [0.25, 0.3) is 0 Å². The Morgan fingerprint density at radius 3 is 2.67 bits per heavy atom. The van der Waals surface area contributed by atoms with Crippen molar-refractivity contribution in [3.05, 3.63) is 59.6 Å². The van der Waals surface area contributed by atoms with E-state index in [9.17, 15) is 4.79 Å². The normalized spacial score (nSPS) is 12.2. The standard InChI is InChI=1S/C14H11N3O3S/c18-14(19)9-5-3-8(4-6-9)11(21)13-15-12(16-17-13)10-2-1-7-20-10/h1-7,11,21H,(H,18,19)(H,15,16,17). The van der Waals surface area contributed by atoms with Crippen LogP contribution in [0.1, 0.15) is 27.0 Å². The molecule has 6 nitrogen and oxygen atoms in total. The summed E-state index contributed by atoms with van der Waals surface area (Å²) in [6.45, 7) is 0. The molecule has 2 heterocycles. The number of thiol groups is 1. The van der Waals surface area contributed by atoms with Gasteiger partial charge in [-0.25, -0.2) is 9.78 Å². The van der Waals surface area contributed by atoms with Gasteiger partial charge in [0.2, 0.25) is 5.82 Å². The van der Waals surface area contributed by atoms with Crippen molar-refractivity contribution in [3.8, 4) is 11.6 Å². The zero-order valence-corrected chi connectivity index (χ0v) is 11.6. The first-order valence-corrected chi connectivity index (χ1v) is 6.64. The molecule has 2 N–H and O–H groups in total. The summed E-state index contributed by atoms with van der Waals surface area (Å²) in [5.74, 6) is 0.625. The minimum absolute atomic E-state index is 0.230. The summed E-state index contributed by atoms with van der Waals surface area (Å²) in [4.78, 5) is 15.2. The van der Waals surface area contributed by atoms with Crippen LogP contribution in [0.2, 0.25) is 0 Å². The van der Waals surface area contributed by atoms with Crippen LogP contribution < -0.4 is 0 Å². The number of H-pyrrole nitrogens is 1. The fourth-order valence-corrected chi connectivity index (χ4v) is 2.17. The predicted octanol–water partition coefficient (Wildman–Crippen LogP) is 2.78. The van der Waals surface area contributed by atoms with Gasteiger partial charge >= 0.3 is 5.97 Å². The Hall–Kier alpha value is -2.54. The van der Waals surface area contributed by atoms with Crippen LogP contribution in [-0.4, -0.2) is 26.3 Å². The third-order valence-corrected chi connectivity index (χ3v) is 3.52. The average molecular weight is 301 g/mol. The fraction of sp³-hybridized carbons (Fsp3) is 0.0714. The van der Waals surface area contributed by atoms with Crippen molar-refractivity contribution < 1.29 is 14.3 Å². The van der Waals surface area contributed by atoms with E-state index in [4.69, 9.17) is 9.52 Å². The number of nitrogens with zero attached hydrogens (tertiary/aromatic N) is 2. The van der Waals surface area contributed by atoms with E-state index < -0.39 is 5.97 Å². The molecule has 1 atom stereocenters. The van der Waals surface area contributed by atoms with Gasteiger partial charge in [0.15, 0.2) is 5.76 Å². The predicted molar refractivity (Wildman–Crippen MR) is 78.3 cm³/mol. The first-order valence-electron chi connectivity index (χ1n) is 6.12. The molecule has 106 valence electrons. The van der Waals surface area contributed by atoms with E-state index in [1.807, 2.05) is 0 Å². The van der Waals surface area contributed by atoms with Crippen molar-refractivity contribution >= 4 is 18.6 Å². The van der Waals surface area contributed by atoms with Crippen molar-refractivity contribution in [1.82, 2.24) is 15.2 Å². The summed E-state index contributed by atoms with van der Waals surface area (Å²) in [5, 5.41) is 15.4. The van der Waals surface area contributed by atoms with Crippen LogP contribution in [0.3, 0.4) is 0 Å². The maximum absolute atomic E-state index is 10.8. The average Bonchev–Trinajstić information content (AvgIpc) is 3.17. The molecule has 0 saturated heterocycles. The smallest absolute Gasteiger partial charge is 0.335 e. The third kappa shape index (κ3) is 2.68. The Kier molecular flexibility index (Phi) is 3.49. The molecule has 0 aliphatic carbocycles. The van der Waals surface area contributed by atoms with Gasteiger partial charge in [-0.05, 0) is 29.8 Å². The molecule has 0 amide bonds. The molecule has 3 aromatic rings. The molecule has 0 radical (unpaired) electrons. The van der Waals surface area contributed by atoms with Crippen LogP contribution >= 0.6 is 12.6 Å². The van der Waals surface area contributed by atoms with Gasteiger partial charge in [-0.2, -0.15) is 12.6 Å². The van der Waals surface area contributed by atoms with Gasteiger partial charge in [0.05, 0.1) is 17.1 Å². The van der Waals surface area contributed by atoms with Crippen molar-refractivity contribution in [2.45, 2.75) is 5.25 Å². The van der Waals surface area contributed by atoms with Gasteiger partial charge in [-0.3, -0.25) is 5.10 Å². The number of rotatable bonds is 4. The highest BCUT2D eigenvalue weighted by Crippen LogP contribution is 2.27. The molecule has 0 aliphatic rings. The minimum atomic E-state index is -0.961. The van der Waals surface area contributed by atoms with E-state index in [0.717, 1.165) is 5.56 Å². The number of carbonyl (C=O) groups is 1. The van der Waals surface area contributed by atoms with Gasteiger partial charge < -0.3 is 9.52 Å². The Morgan fingerprint density at radius 1 is 1.29 bits per heavy atom. The number of nitrogens with one attached hydrogen (secondary N) is 1. The maximum atomic E-state index is 10.8. The number of aromatic carboxylic acids is 1. The molecule has 3 rings (SSSR count). The molecule has 1 aromatic carbocycles. The highest BCUT2D eigenvalue weighted by Gasteiger charge is 2.16. The third-order valence-electron chi connectivity index (χ3n) is 2.98. The van der Waals surface area contributed by atoms with Crippen molar-refractivity contribution in [1.29, 1.82) is 0 Å². The van der Waals surface area contributed by atoms with Crippen LogP contribution in [0.5, 0.6) is 0 Å². The summed E-state index contributed by atoms with van der Waals surface area (Å²) in [6, 6.07) is 10.00. The van der Waals surface area contributed by atoms with Gasteiger partial charge in [0.1, 0.15) is 5.82 Å². The molecule has 2 aromatic heterocycles. The Balaban J connectivity index is 1.85. The number of carboxylic acids is 1. The largest absolute Gasteiger partial charge is 0.478 e. The molecule has 0 bridgehead atoms. The number of hydrogen-bond donors (Lipinski definition) is 3. The van der Waals surface area contributed by atoms with E-state index in [2.05, 4.69) is 27.8 Å². The van der Waals surface area contributed by atoms with E-state index in [0.29, 0.717) is 17.4 Å². The van der Waals surface area contributed by atoms with Crippen LogP contribution in [-0.2, 0) is 0 Å². The summed E-state index contributed by atoms with van der Waals surface area (Å²) < 4.78 is 5.23. The van der Waals surface area contributed by atoms with Gasteiger partial charge in [-0.1, -0.05) is 12.1 Å². The molecule has 0 fully saturated rings. The lowest BCUT2D eigenvalue weighted by Crippen LogP contribution is -1.99. The number of furan rings is 1. The van der Waals surface area contributed by atoms with Crippen molar-refractivity contribution in [2.24, 2.45) is 0 Å². The highest BCUT2D eigenvalue weighted by atomic mass is 32.1. The fourth-order valence-electron chi connectivity index (χ4n) is 1.88. The molecule has 0 aliphatic heterocycles. The number of carboxylic acid groups (broad SMARTS) is 1. The number of hydrogen-bond acceptors (Lipinski definition) is 5. The monoisotopic (exact) mass is 301 g/mol. The van der Waals surface area contributed by atoms with Crippen LogP contribution in [0.4, 0.5) is 0 Å². The van der Waals surface area contributed by atoms with Crippen molar-refractivity contribution in [2.75, 3.05) is 0 Å². The zero-order chi connectivity index (χ0) is 14.8. The second kappa shape index (κ2) is 5.45. The molecule has 7 heteroatoms. The molecule has 21 heavy (non-hydrogen) atoms. The molecular weight excluding hydrogens is 290 g/mol. The quantitative estimate of drug-likeness (QED) is 0.644. The van der Waals surface area contributed by atoms with Crippen LogP contribution in [0.25, 0.3) is 11.6 Å². The Bertz CT molecular complexity index is 750. The Morgan fingerprint density at radius 2 is 2.05 bits per heavy atom. The lowest BCUT2D eigenvalue weighted by Gasteiger charge is -2.07. The summed E-state index contributed by atoms with van der Waals surface area (Å²) in [6.07, 6.45) is 1.55.